The molecular weight excluding hydrogens is 414 g/mol. The number of allylic oxidation sites excluding steroid dienone is 2. The van der Waals surface area contributed by atoms with E-state index in [4.69, 9.17) is 4.98 Å². The lowest BCUT2D eigenvalue weighted by molar-refractivity contribution is 0.436. The highest BCUT2D eigenvalue weighted by molar-refractivity contribution is 5.90. The largest absolute Gasteiger partial charge is 0.391 e. The molecule has 0 saturated heterocycles. The van der Waals surface area contributed by atoms with Crippen LogP contribution in [0.25, 0.3) is 22.0 Å². The van der Waals surface area contributed by atoms with Crippen LogP contribution in [0.15, 0.2) is 67.0 Å². The zero-order valence-corrected chi connectivity index (χ0v) is 21.6. The van der Waals surface area contributed by atoms with Crippen LogP contribution in [0.4, 0.5) is 5.69 Å². The molecule has 1 aromatic heterocycles. The molecule has 0 radical (unpaired) electrons. The average molecular weight is 458 g/mol. The number of rotatable bonds is 7. The normalized spacial score (nSPS) is 15.0. The summed E-state index contributed by atoms with van der Waals surface area (Å²) in [5, 5.41) is 9.45. The minimum atomic E-state index is 0. The molecule has 34 heavy (non-hydrogen) atoms. The van der Waals surface area contributed by atoms with E-state index in [0.717, 1.165) is 17.9 Å². The predicted octanol–water partition coefficient (Wildman–Crippen LogP) is 9.00. The van der Waals surface area contributed by atoms with Gasteiger partial charge in [0.2, 0.25) is 0 Å². The maximum Gasteiger partial charge on any atom is 0.0441 e. The number of aromatic nitrogens is 1. The Hall–Kier alpha value is -3.07. The van der Waals surface area contributed by atoms with Crippen molar-refractivity contribution in [1.29, 1.82) is 0 Å². The molecule has 182 valence electrons. The highest BCUT2D eigenvalue weighted by Crippen LogP contribution is 2.33. The summed E-state index contributed by atoms with van der Waals surface area (Å²) in [6.45, 7) is 11.3. The fourth-order valence-corrected chi connectivity index (χ4v) is 4.61. The van der Waals surface area contributed by atoms with Crippen molar-refractivity contribution in [2.24, 2.45) is 0 Å². The highest BCUT2D eigenvalue weighted by Gasteiger charge is 2.17. The van der Waals surface area contributed by atoms with E-state index in [1.54, 1.807) is 0 Å². The maximum absolute atomic E-state index is 4.71. The van der Waals surface area contributed by atoms with Gasteiger partial charge in [-0.3, -0.25) is 4.98 Å². The molecule has 0 aliphatic heterocycles. The molecule has 2 N–H and O–H groups in total. The van der Waals surface area contributed by atoms with Crippen LogP contribution < -0.4 is 10.6 Å². The highest BCUT2D eigenvalue weighted by atomic mass is 14.9. The summed E-state index contributed by atoms with van der Waals surface area (Å²) in [6, 6.07) is 17.7. The smallest absolute Gasteiger partial charge is 0.0441 e. The third kappa shape index (κ3) is 6.50. The molecule has 4 rings (SSSR count). The second-order valence-corrected chi connectivity index (χ2v) is 8.79. The lowest BCUT2D eigenvalue weighted by Crippen LogP contribution is -2.07. The molecule has 1 fully saturated rings. The molecule has 0 amide bonds. The van der Waals surface area contributed by atoms with E-state index in [0.29, 0.717) is 5.92 Å². The second-order valence-electron chi connectivity index (χ2n) is 8.79. The summed E-state index contributed by atoms with van der Waals surface area (Å²) in [7, 11) is 0. The van der Waals surface area contributed by atoms with Crippen LogP contribution in [0.3, 0.4) is 0 Å². The van der Waals surface area contributed by atoms with Gasteiger partial charge in [-0.05, 0) is 92.1 Å². The molecule has 1 aliphatic carbocycles. The molecule has 0 spiro atoms. The van der Waals surface area contributed by atoms with Gasteiger partial charge in [0.05, 0.1) is 0 Å². The third-order valence-corrected chi connectivity index (χ3v) is 6.50. The van der Waals surface area contributed by atoms with Gasteiger partial charge >= 0.3 is 0 Å². The molecule has 1 heterocycles. The van der Waals surface area contributed by atoms with E-state index in [9.17, 15) is 0 Å². The Morgan fingerprint density at radius 2 is 1.74 bits per heavy atom. The Bertz CT molecular complexity index is 1130. The van der Waals surface area contributed by atoms with Crippen molar-refractivity contribution in [1.82, 2.24) is 10.3 Å². The molecular formula is C31H43N3. The average Bonchev–Trinajstić information content (AvgIpc) is 2.91. The fraction of sp³-hybridized carbons (Fsp3) is 0.387. The number of hydrogen-bond donors (Lipinski definition) is 2. The Balaban J connectivity index is 0.00000140. The van der Waals surface area contributed by atoms with Crippen molar-refractivity contribution in [3.63, 3.8) is 0 Å². The van der Waals surface area contributed by atoms with Crippen LogP contribution in [-0.2, 0) is 0 Å². The van der Waals surface area contributed by atoms with Crippen molar-refractivity contribution >= 4 is 27.7 Å². The number of nitrogens with one attached hydrogen (secondary N) is 2. The molecule has 3 heteroatoms. The number of hydrogen-bond acceptors (Lipinski definition) is 3. The number of benzene rings is 2. The van der Waals surface area contributed by atoms with Crippen LogP contribution in [0.5, 0.6) is 0 Å². The standard InChI is InChI=1S/C29H35N3.C2H6.H2/c1-4-28(25-15-16-31-29(19-25)23-9-7-6-8-10-23)32-27-14-13-22-11-12-24(17-26(22)18-27)21(3)20-30-5-2;1-2;/h4,11-20,23,30,32H,5-10H2,1-3H3;1-2H3;1H/b21-20+,28-4-;;. The quantitative estimate of drug-likeness (QED) is 0.371. The first-order chi connectivity index (χ1) is 16.7. The van der Waals surface area contributed by atoms with E-state index < -0.39 is 0 Å². The first kappa shape index (κ1) is 25.6. The summed E-state index contributed by atoms with van der Waals surface area (Å²) < 4.78 is 0. The van der Waals surface area contributed by atoms with Gasteiger partial charge < -0.3 is 10.6 Å². The van der Waals surface area contributed by atoms with Gasteiger partial charge in [0.1, 0.15) is 0 Å². The Labute approximate surface area is 207 Å². The zero-order chi connectivity index (χ0) is 24.3. The molecule has 0 atom stereocenters. The first-order valence-corrected chi connectivity index (χ1v) is 13.0. The van der Waals surface area contributed by atoms with Crippen molar-refractivity contribution in [2.75, 3.05) is 11.9 Å². The molecule has 1 aliphatic rings. The molecule has 3 nitrogen and oxygen atoms in total. The summed E-state index contributed by atoms with van der Waals surface area (Å²) in [4.78, 5) is 4.71. The minimum absolute atomic E-state index is 0. The summed E-state index contributed by atoms with van der Waals surface area (Å²) in [6.07, 6.45) is 12.8. The van der Waals surface area contributed by atoms with Crippen LogP contribution in [0.1, 0.15) is 90.9 Å². The lowest BCUT2D eigenvalue weighted by Gasteiger charge is -2.22. The van der Waals surface area contributed by atoms with E-state index in [1.165, 1.54) is 65.3 Å². The van der Waals surface area contributed by atoms with Crippen molar-refractivity contribution < 1.29 is 1.43 Å². The van der Waals surface area contributed by atoms with Crippen LogP contribution in [-0.4, -0.2) is 11.5 Å². The summed E-state index contributed by atoms with van der Waals surface area (Å²) in [5.74, 6) is 0.611. The monoisotopic (exact) mass is 457 g/mol. The van der Waals surface area contributed by atoms with Crippen LogP contribution in [0, 0.1) is 0 Å². The number of nitrogens with zero attached hydrogens (tertiary/aromatic N) is 1. The summed E-state index contributed by atoms with van der Waals surface area (Å²) in [5.41, 5.74) is 7.17. The van der Waals surface area contributed by atoms with E-state index in [-0.39, 0.29) is 1.43 Å². The van der Waals surface area contributed by atoms with Crippen LogP contribution in [0.2, 0.25) is 0 Å². The van der Waals surface area contributed by atoms with Crippen molar-refractivity contribution in [3.05, 3.63) is 83.8 Å². The zero-order valence-electron chi connectivity index (χ0n) is 21.6. The maximum atomic E-state index is 4.71. The van der Waals surface area contributed by atoms with Gasteiger partial charge in [-0.25, -0.2) is 0 Å². The Morgan fingerprint density at radius 1 is 0.971 bits per heavy atom. The lowest BCUT2D eigenvalue weighted by atomic mass is 9.86. The van der Waals surface area contributed by atoms with Gasteiger partial charge in [-0.1, -0.05) is 57.4 Å². The van der Waals surface area contributed by atoms with Gasteiger partial charge in [-0.15, -0.1) is 0 Å². The Kier molecular flexibility index (Phi) is 9.75. The predicted molar refractivity (Wildman–Crippen MR) is 152 cm³/mol. The SMILES string of the molecule is C/C=C(\Nc1ccc2ccc(/C(C)=C/NCC)cc2c1)c1ccnc(C2CCCCC2)c1.CC.[HH]. The first-order valence-electron chi connectivity index (χ1n) is 13.0. The number of fused-ring (bicyclic) bond motifs is 1. The van der Waals surface area contributed by atoms with E-state index >= 15 is 0 Å². The fourth-order valence-electron chi connectivity index (χ4n) is 4.61. The second kappa shape index (κ2) is 13.0. The van der Waals surface area contributed by atoms with E-state index in [1.807, 2.05) is 20.0 Å². The summed E-state index contributed by atoms with van der Waals surface area (Å²) >= 11 is 0. The molecule has 1 saturated carbocycles. The van der Waals surface area contributed by atoms with Gasteiger partial charge in [0, 0.05) is 42.7 Å². The van der Waals surface area contributed by atoms with Crippen LogP contribution >= 0.6 is 0 Å². The van der Waals surface area contributed by atoms with E-state index in [2.05, 4.69) is 92.2 Å². The molecule has 3 aromatic rings. The Morgan fingerprint density at radius 3 is 2.47 bits per heavy atom. The van der Waals surface area contributed by atoms with Gasteiger partial charge in [-0.2, -0.15) is 0 Å². The molecule has 2 aromatic carbocycles. The van der Waals surface area contributed by atoms with Gasteiger partial charge in [0.25, 0.3) is 0 Å². The number of pyridine rings is 1. The molecule has 0 bridgehead atoms. The van der Waals surface area contributed by atoms with Gasteiger partial charge in [0.15, 0.2) is 0 Å². The topological polar surface area (TPSA) is 37.0 Å². The molecule has 0 unspecified atom stereocenters. The number of anilines is 1. The van der Waals surface area contributed by atoms with Crippen molar-refractivity contribution in [3.8, 4) is 0 Å². The van der Waals surface area contributed by atoms with Crippen molar-refractivity contribution in [2.45, 2.75) is 72.6 Å². The third-order valence-electron chi connectivity index (χ3n) is 6.50. The minimum Gasteiger partial charge on any atom is -0.391 e.